The van der Waals surface area contributed by atoms with Crippen molar-refractivity contribution in [2.75, 3.05) is 0 Å². The van der Waals surface area contributed by atoms with Gasteiger partial charge in [-0.2, -0.15) is 0 Å². The van der Waals surface area contributed by atoms with Crippen LogP contribution in [-0.2, 0) is 4.79 Å². The Bertz CT molecular complexity index is 331. The largest absolute Gasteiger partial charge is 0.512 e. The van der Waals surface area contributed by atoms with Crippen LogP contribution >= 0.6 is 0 Å². The molecule has 0 aromatic carbocycles. The highest BCUT2D eigenvalue weighted by Crippen LogP contribution is 2.48. The van der Waals surface area contributed by atoms with E-state index in [2.05, 4.69) is 26.8 Å². The van der Waals surface area contributed by atoms with Crippen molar-refractivity contribution in [3.8, 4) is 0 Å². The quantitative estimate of drug-likeness (QED) is 0.738. The lowest BCUT2D eigenvalue weighted by Crippen LogP contribution is -2.34. The molecule has 0 bridgehead atoms. The Morgan fingerprint density at radius 3 is 2.62 bits per heavy atom. The Labute approximate surface area is 98.1 Å². The lowest BCUT2D eigenvalue weighted by Gasteiger charge is -2.41. The Morgan fingerprint density at radius 1 is 1.50 bits per heavy atom. The number of carbonyl (C=O) groups excluding carboxylic acids is 1. The van der Waals surface area contributed by atoms with E-state index < -0.39 is 0 Å². The summed E-state index contributed by atoms with van der Waals surface area (Å²) in [5.74, 6) is 0.443. The van der Waals surface area contributed by atoms with E-state index >= 15 is 0 Å². The van der Waals surface area contributed by atoms with Crippen molar-refractivity contribution in [2.24, 2.45) is 10.8 Å². The smallest absolute Gasteiger partial charge is 0.198 e. The zero-order valence-corrected chi connectivity index (χ0v) is 10.6. The van der Waals surface area contributed by atoms with Crippen LogP contribution < -0.4 is 0 Å². The molecule has 1 radical (unpaired) electrons. The topological polar surface area (TPSA) is 37.3 Å². The molecule has 1 N–H and O–H groups in total. The molecular weight excluding hydrogens is 200 g/mol. The average molecular weight is 221 g/mol. The molecule has 89 valence electrons. The Hall–Kier alpha value is -1.05. The van der Waals surface area contributed by atoms with E-state index in [9.17, 15) is 9.90 Å². The van der Waals surface area contributed by atoms with Crippen LogP contribution in [0.3, 0.4) is 0 Å². The molecule has 1 atom stereocenters. The standard InChI is InChI=1S/C14H21O2/c1-13(2,3)14(4)10-11(6-5-9-15)7-8-12(14)16/h8,10,16H,5-7H2,1-4H3. The number of aliphatic hydroxyl groups is 1. The van der Waals surface area contributed by atoms with Gasteiger partial charge in [-0.3, -0.25) is 4.79 Å². The first-order valence-electron chi connectivity index (χ1n) is 5.76. The van der Waals surface area contributed by atoms with Gasteiger partial charge in [0.1, 0.15) is 0 Å². The minimum absolute atomic E-state index is 0.0376. The van der Waals surface area contributed by atoms with E-state index in [4.69, 9.17) is 0 Å². The maximum absolute atomic E-state index is 10.3. The Balaban J connectivity index is 2.97. The van der Waals surface area contributed by atoms with Crippen molar-refractivity contribution >= 4 is 6.29 Å². The van der Waals surface area contributed by atoms with Gasteiger partial charge in [-0.1, -0.05) is 32.4 Å². The van der Waals surface area contributed by atoms with Gasteiger partial charge in [0, 0.05) is 11.8 Å². The molecule has 0 saturated carbocycles. The van der Waals surface area contributed by atoms with Gasteiger partial charge < -0.3 is 5.11 Å². The number of allylic oxidation sites excluding steroid dienone is 3. The zero-order chi connectivity index (χ0) is 12.4. The van der Waals surface area contributed by atoms with Crippen LogP contribution in [0.2, 0.25) is 0 Å². The van der Waals surface area contributed by atoms with E-state index in [1.54, 1.807) is 0 Å². The number of hydrogen-bond acceptors (Lipinski definition) is 2. The predicted molar refractivity (Wildman–Crippen MR) is 65.9 cm³/mol. The molecule has 0 amide bonds. The third-order valence-electron chi connectivity index (χ3n) is 3.69. The molecule has 0 aliphatic heterocycles. The first-order chi connectivity index (χ1) is 7.31. The maximum Gasteiger partial charge on any atom is 0.198 e. The van der Waals surface area contributed by atoms with E-state index in [0.717, 1.165) is 12.8 Å². The fraction of sp³-hybridized carbons (Fsp3) is 0.643. The fourth-order valence-electron chi connectivity index (χ4n) is 1.97. The van der Waals surface area contributed by atoms with Gasteiger partial charge in [0.15, 0.2) is 6.29 Å². The first-order valence-corrected chi connectivity index (χ1v) is 5.76. The van der Waals surface area contributed by atoms with Crippen LogP contribution in [0.4, 0.5) is 0 Å². The molecule has 2 nitrogen and oxygen atoms in total. The Kier molecular flexibility index (Phi) is 3.61. The SMILES string of the molecule is CC(C)(C)C1(C)C=C(CC[C]=O)CC=C1O. The lowest BCUT2D eigenvalue weighted by molar-refractivity contribution is 0.139. The summed E-state index contributed by atoms with van der Waals surface area (Å²) in [6, 6.07) is 0. The molecule has 2 heteroatoms. The molecule has 0 spiro atoms. The fourth-order valence-corrected chi connectivity index (χ4v) is 1.97. The van der Waals surface area contributed by atoms with Crippen LogP contribution in [0.5, 0.6) is 0 Å². The minimum Gasteiger partial charge on any atom is -0.512 e. The van der Waals surface area contributed by atoms with Crippen molar-refractivity contribution in [1.82, 2.24) is 0 Å². The van der Waals surface area contributed by atoms with Gasteiger partial charge in [-0.25, -0.2) is 0 Å². The van der Waals surface area contributed by atoms with E-state index in [-0.39, 0.29) is 10.8 Å². The Morgan fingerprint density at radius 2 is 2.12 bits per heavy atom. The van der Waals surface area contributed by atoms with Crippen molar-refractivity contribution in [1.29, 1.82) is 0 Å². The molecule has 1 unspecified atom stereocenters. The molecule has 16 heavy (non-hydrogen) atoms. The van der Waals surface area contributed by atoms with Gasteiger partial charge in [-0.15, -0.1) is 0 Å². The van der Waals surface area contributed by atoms with Crippen LogP contribution in [-0.4, -0.2) is 11.4 Å². The summed E-state index contributed by atoms with van der Waals surface area (Å²) in [7, 11) is 0. The second kappa shape index (κ2) is 4.44. The van der Waals surface area contributed by atoms with Crippen molar-refractivity contribution < 1.29 is 9.90 Å². The van der Waals surface area contributed by atoms with E-state index in [0.29, 0.717) is 12.2 Å². The summed E-state index contributed by atoms with van der Waals surface area (Å²) in [4.78, 5) is 10.3. The highest BCUT2D eigenvalue weighted by molar-refractivity contribution is 5.51. The van der Waals surface area contributed by atoms with Crippen molar-refractivity contribution in [2.45, 2.75) is 47.0 Å². The molecule has 1 aliphatic rings. The molecule has 0 aromatic rings. The molecule has 1 rings (SSSR count). The van der Waals surface area contributed by atoms with Gasteiger partial charge in [0.05, 0.1) is 5.76 Å². The van der Waals surface area contributed by atoms with Crippen LogP contribution in [0.1, 0.15) is 47.0 Å². The molecule has 0 saturated heterocycles. The van der Waals surface area contributed by atoms with Gasteiger partial charge in [0.25, 0.3) is 0 Å². The molecular formula is C14H21O2. The summed E-state index contributed by atoms with van der Waals surface area (Å²) in [5, 5.41) is 10.0. The molecule has 0 aromatic heterocycles. The molecule has 1 aliphatic carbocycles. The summed E-state index contributed by atoms with van der Waals surface area (Å²) in [6.45, 7) is 8.38. The van der Waals surface area contributed by atoms with Gasteiger partial charge in [0.2, 0.25) is 0 Å². The highest BCUT2D eigenvalue weighted by atomic mass is 16.3. The summed E-state index contributed by atoms with van der Waals surface area (Å²) < 4.78 is 0. The van der Waals surface area contributed by atoms with Crippen molar-refractivity contribution in [3.05, 3.63) is 23.5 Å². The average Bonchev–Trinajstić information content (AvgIpc) is 2.18. The lowest BCUT2D eigenvalue weighted by atomic mass is 9.64. The molecule has 0 fully saturated rings. The number of rotatable bonds is 3. The predicted octanol–water partition coefficient (Wildman–Crippen LogP) is 3.70. The first kappa shape index (κ1) is 13.0. The third-order valence-corrected chi connectivity index (χ3v) is 3.69. The van der Waals surface area contributed by atoms with E-state index in [1.807, 2.05) is 19.3 Å². The third kappa shape index (κ3) is 2.37. The zero-order valence-electron chi connectivity index (χ0n) is 10.6. The highest BCUT2D eigenvalue weighted by Gasteiger charge is 2.40. The summed E-state index contributed by atoms with van der Waals surface area (Å²) >= 11 is 0. The molecule has 0 heterocycles. The van der Waals surface area contributed by atoms with Crippen LogP contribution in [0, 0.1) is 10.8 Å². The van der Waals surface area contributed by atoms with Gasteiger partial charge >= 0.3 is 0 Å². The van der Waals surface area contributed by atoms with Crippen molar-refractivity contribution in [3.63, 3.8) is 0 Å². The van der Waals surface area contributed by atoms with Gasteiger partial charge in [-0.05, 0) is 31.3 Å². The second-order valence-electron chi connectivity index (χ2n) is 5.69. The summed E-state index contributed by atoms with van der Waals surface area (Å²) in [5.41, 5.74) is 0.853. The van der Waals surface area contributed by atoms with E-state index in [1.165, 1.54) is 5.57 Å². The normalized spacial score (nSPS) is 26.0. The second-order valence-corrected chi connectivity index (χ2v) is 5.69. The number of aliphatic hydroxyl groups excluding tert-OH is 1. The number of hydrogen-bond donors (Lipinski definition) is 1. The minimum atomic E-state index is -0.330. The van der Waals surface area contributed by atoms with Crippen LogP contribution in [0.15, 0.2) is 23.5 Å². The van der Waals surface area contributed by atoms with Crippen LogP contribution in [0.25, 0.3) is 0 Å². The monoisotopic (exact) mass is 221 g/mol. The maximum atomic E-state index is 10.3. The summed E-state index contributed by atoms with van der Waals surface area (Å²) in [6.07, 6.45) is 7.85.